The van der Waals surface area contributed by atoms with Gasteiger partial charge in [0.2, 0.25) is 15.9 Å². The zero-order chi connectivity index (χ0) is 22.6. The van der Waals surface area contributed by atoms with E-state index in [1.54, 1.807) is 12.1 Å². The van der Waals surface area contributed by atoms with E-state index in [1.165, 1.54) is 23.6 Å². The molecular formula is C24H33N3O3S. The van der Waals surface area contributed by atoms with Crippen LogP contribution in [0.2, 0.25) is 0 Å². The number of benzene rings is 2. The third-order valence-corrected chi connectivity index (χ3v) is 6.83. The number of aryl methyl sites for hydroxylation is 2. The Kier molecular flexibility index (Phi) is 7.26. The van der Waals surface area contributed by atoms with E-state index >= 15 is 0 Å². The monoisotopic (exact) mass is 443 g/mol. The van der Waals surface area contributed by atoms with Gasteiger partial charge in [0.25, 0.3) is 0 Å². The molecule has 3 rings (SSSR count). The van der Waals surface area contributed by atoms with Crippen molar-refractivity contribution in [2.24, 2.45) is 0 Å². The number of piperidine rings is 1. The molecule has 0 unspecified atom stereocenters. The quantitative estimate of drug-likeness (QED) is 0.685. The smallest absolute Gasteiger partial charge is 0.248 e. The molecule has 1 aliphatic heterocycles. The van der Waals surface area contributed by atoms with E-state index in [9.17, 15) is 13.2 Å². The zero-order valence-corrected chi connectivity index (χ0v) is 19.7. The Morgan fingerprint density at radius 3 is 2.13 bits per heavy atom. The van der Waals surface area contributed by atoms with Crippen LogP contribution in [0.4, 0.5) is 17.1 Å². The molecule has 0 aromatic heterocycles. The van der Waals surface area contributed by atoms with Gasteiger partial charge in [-0.25, -0.2) is 8.42 Å². The van der Waals surface area contributed by atoms with Crippen molar-refractivity contribution in [2.45, 2.75) is 52.5 Å². The molecule has 6 nitrogen and oxygen atoms in total. The lowest BCUT2D eigenvalue weighted by Crippen LogP contribution is -2.47. The zero-order valence-electron chi connectivity index (χ0n) is 18.9. The van der Waals surface area contributed by atoms with Crippen LogP contribution < -0.4 is 14.5 Å². The lowest BCUT2D eigenvalue weighted by Gasteiger charge is -2.31. The van der Waals surface area contributed by atoms with Crippen LogP contribution in [0.25, 0.3) is 0 Å². The first-order valence-corrected chi connectivity index (χ1v) is 12.8. The number of sulfonamides is 1. The molecule has 1 heterocycles. The average Bonchev–Trinajstić information content (AvgIpc) is 2.71. The lowest BCUT2D eigenvalue weighted by molar-refractivity contribution is -0.117. The predicted octanol–water partition coefficient (Wildman–Crippen LogP) is 4.48. The molecule has 0 spiro atoms. The molecule has 2 aromatic carbocycles. The third kappa shape index (κ3) is 5.79. The molecule has 1 atom stereocenters. The van der Waals surface area contributed by atoms with Gasteiger partial charge in [-0.15, -0.1) is 0 Å². The van der Waals surface area contributed by atoms with Crippen LogP contribution in [-0.2, 0) is 14.8 Å². The van der Waals surface area contributed by atoms with Gasteiger partial charge in [0.05, 0.1) is 11.9 Å². The standard InChI is InChI=1S/C24H33N3O3S/c1-5-23(27(31(4,29)30)22-16-18(2)15-19(3)17-22)24(28)25-20-9-11-21(12-10-20)26-13-7-6-8-14-26/h9-12,15-17,23H,5-8,13-14H2,1-4H3,(H,25,28)/t23-/m1/s1. The second kappa shape index (κ2) is 9.73. The fraction of sp³-hybridized carbons (Fsp3) is 0.458. The second-order valence-corrected chi connectivity index (χ2v) is 10.3. The van der Waals surface area contributed by atoms with Crippen molar-refractivity contribution in [1.82, 2.24) is 0 Å². The number of anilines is 3. The topological polar surface area (TPSA) is 69.7 Å². The van der Waals surface area contributed by atoms with Gasteiger partial charge in [0.15, 0.2) is 0 Å². The van der Waals surface area contributed by atoms with Gasteiger partial charge in [0, 0.05) is 24.5 Å². The maximum atomic E-state index is 13.1. The van der Waals surface area contributed by atoms with Gasteiger partial charge in [-0.05, 0) is 87.1 Å². The Balaban J connectivity index is 1.81. The molecule has 2 aromatic rings. The highest BCUT2D eigenvalue weighted by molar-refractivity contribution is 7.92. The largest absolute Gasteiger partial charge is 0.372 e. The van der Waals surface area contributed by atoms with Crippen LogP contribution in [0.3, 0.4) is 0 Å². The lowest BCUT2D eigenvalue weighted by atomic mass is 10.1. The molecule has 31 heavy (non-hydrogen) atoms. The van der Waals surface area contributed by atoms with Crippen LogP contribution in [0.15, 0.2) is 42.5 Å². The third-order valence-electron chi connectivity index (χ3n) is 5.65. The van der Waals surface area contributed by atoms with Gasteiger partial charge < -0.3 is 10.2 Å². The van der Waals surface area contributed by atoms with Crippen LogP contribution >= 0.6 is 0 Å². The van der Waals surface area contributed by atoms with E-state index < -0.39 is 16.1 Å². The minimum absolute atomic E-state index is 0.335. The van der Waals surface area contributed by atoms with E-state index in [0.717, 1.165) is 36.2 Å². The molecule has 0 bridgehead atoms. The maximum absolute atomic E-state index is 13.1. The van der Waals surface area contributed by atoms with Crippen LogP contribution in [0.5, 0.6) is 0 Å². The summed E-state index contributed by atoms with van der Waals surface area (Å²) in [4.78, 5) is 15.5. The Bertz CT molecular complexity index is 993. The highest BCUT2D eigenvalue weighted by atomic mass is 32.2. The van der Waals surface area contributed by atoms with Gasteiger partial charge in [-0.2, -0.15) is 0 Å². The molecular weight excluding hydrogens is 410 g/mol. The number of hydrogen-bond donors (Lipinski definition) is 1. The highest BCUT2D eigenvalue weighted by Crippen LogP contribution is 2.26. The summed E-state index contributed by atoms with van der Waals surface area (Å²) in [6.07, 6.45) is 5.19. The SMILES string of the molecule is CC[C@H](C(=O)Nc1ccc(N2CCCCC2)cc1)N(c1cc(C)cc(C)c1)S(C)(=O)=O. The summed E-state index contributed by atoms with van der Waals surface area (Å²) < 4.78 is 26.6. The molecule has 1 saturated heterocycles. The van der Waals surface area contributed by atoms with Crippen molar-refractivity contribution in [3.05, 3.63) is 53.6 Å². The number of amides is 1. The molecule has 0 aliphatic carbocycles. The van der Waals surface area contributed by atoms with Crippen molar-refractivity contribution in [3.8, 4) is 0 Å². The summed E-state index contributed by atoms with van der Waals surface area (Å²) in [5.41, 5.74) is 4.23. The molecule has 7 heteroatoms. The van der Waals surface area contributed by atoms with Crippen molar-refractivity contribution in [2.75, 3.05) is 33.9 Å². The Hall–Kier alpha value is -2.54. The average molecular weight is 444 g/mol. The molecule has 1 fully saturated rings. The molecule has 168 valence electrons. The number of nitrogens with zero attached hydrogens (tertiary/aromatic N) is 2. The van der Waals surface area contributed by atoms with E-state index in [1.807, 2.05) is 51.1 Å². The van der Waals surface area contributed by atoms with E-state index in [4.69, 9.17) is 0 Å². The normalized spacial score (nSPS) is 15.4. The second-order valence-electron chi connectivity index (χ2n) is 8.41. The number of carbonyl (C=O) groups is 1. The summed E-state index contributed by atoms with van der Waals surface area (Å²) in [7, 11) is -3.66. The summed E-state index contributed by atoms with van der Waals surface area (Å²) >= 11 is 0. The van der Waals surface area contributed by atoms with Crippen molar-refractivity contribution in [1.29, 1.82) is 0 Å². The van der Waals surface area contributed by atoms with Gasteiger partial charge in [-0.3, -0.25) is 9.10 Å². The van der Waals surface area contributed by atoms with Crippen LogP contribution in [-0.4, -0.2) is 39.7 Å². The highest BCUT2D eigenvalue weighted by Gasteiger charge is 2.31. The molecule has 0 saturated carbocycles. The fourth-order valence-corrected chi connectivity index (χ4v) is 5.47. The molecule has 0 radical (unpaired) electrons. The summed E-state index contributed by atoms with van der Waals surface area (Å²) in [6.45, 7) is 7.78. The van der Waals surface area contributed by atoms with Gasteiger partial charge in [-0.1, -0.05) is 13.0 Å². The van der Waals surface area contributed by atoms with E-state index in [0.29, 0.717) is 17.8 Å². The first kappa shape index (κ1) is 23.1. The van der Waals surface area contributed by atoms with Crippen molar-refractivity contribution in [3.63, 3.8) is 0 Å². The minimum atomic E-state index is -3.66. The van der Waals surface area contributed by atoms with Gasteiger partial charge in [0.1, 0.15) is 6.04 Å². The summed E-state index contributed by atoms with van der Waals surface area (Å²) in [5.74, 6) is -0.335. The van der Waals surface area contributed by atoms with Crippen LogP contribution in [0.1, 0.15) is 43.7 Å². The minimum Gasteiger partial charge on any atom is -0.372 e. The molecule has 1 N–H and O–H groups in total. The first-order valence-electron chi connectivity index (χ1n) is 10.9. The number of rotatable bonds is 7. The Morgan fingerprint density at radius 2 is 1.61 bits per heavy atom. The fourth-order valence-electron chi connectivity index (χ4n) is 4.27. The van der Waals surface area contributed by atoms with Crippen LogP contribution in [0, 0.1) is 13.8 Å². The molecule has 1 amide bonds. The number of nitrogens with one attached hydrogen (secondary N) is 1. The summed E-state index contributed by atoms with van der Waals surface area (Å²) in [5, 5.41) is 2.91. The predicted molar refractivity (Wildman–Crippen MR) is 128 cm³/mol. The van der Waals surface area contributed by atoms with Crippen molar-refractivity contribution < 1.29 is 13.2 Å². The Labute approximate surface area is 186 Å². The van der Waals surface area contributed by atoms with E-state index in [2.05, 4.69) is 10.2 Å². The Morgan fingerprint density at radius 1 is 1.03 bits per heavy atom. The number of carbonyl (C=O) groups excluding carboxylic acids is 1. The first-order chi connectivity index (χ1) is 14.7. The maximum Gasteiger partial charge on any atom is 0.248 e. The number of hydrogen-bond acceptors (Lipinski definition) is 4. The summed E-state index contributed by atoms with van der Waals surface area (Å²) in [6, 6.07) is 12.5. The molecule has 1 aliphatic rings. The van der Waals surface area contributed by atoms with Crippen molar-refractivity contribution >= 4 is 33.0 Å². The van der Waals surface area contributed by atoms with Gasteiger partial charge >= 0.3 is 0 Å². The van der Waals surface area contributed by atoms with E-state index in [-0.39, 0.29) is 5.91 Å².